The van der Waals surface area contributed by atoms with Crippen LogP contribution in [0.5, 0.6) is 17.2 Å². The van der Waals surface area contributed by atoms with Crippen LogP contribution in [0.2, 0.25) is 0 Å². The van der Waals surface area contributed by atoms with Gasteiger partial charge in [-0.3, -0.25) is 4.68 Å². The molecule has 8 nitrogen and oxygen atoms in total. The van der Waals surface area contributed by atoms with Crippen LogP contribution >= 0.6 is 15.9 Å². The Morgan fingerprint density at radius 3 is 2.93 bits per heavy atom. The van der Waals surface area contributed by atoms with Crippen LogP contribution in [-0.2, 0) is 13.6 Å². The lowest BCUT2D eigenvalue weighted by Crippen LogP contribution is -2.22. The Balaban J connectivity index is 1.46. The summed E-state index contributed by atoms with van der Waals surface area (Å²) in [7, 11) is 3.50. The van der Waals surface area contributed by atoms with E-state index in [0.717, 1.165) is 26.8 Å². The maximum absolute atomic E-state index is 6.19. The summed E-state index contributed by atoms with van der Waals surface area (Å²) in [5.41, 5.74) is 3.63. The lowest BCUT2D eigenvalue weighted by Gasteiger charge is -2.27. The molecule has 0 saturated carbocycles. The molecule has 0 N–H and O–H groups in total. The maximum atomic E-state index is 6.19. The van der Waals surface area contributed by atoms with Gasteiger partial charge in [-0.25, -0.2) is 9.97 Å². The van der Waals surface area contributed by atoms with Gasteiger partial charge in [0.1, 0.15) is 12.1 Å². The van der Waals surface area contributed by atoms with Gasteiger partial charge in [-0.05, 0) is 39.7 Å². The van der Waals surface area contributed by atoms with Crippen molar-refractivity contribution in [1.29, 1.82) is 0 Å². The molecular formula is C20H18BrN5O3. The molecule has 1 aliphatic rings. The summed E-state index contributed by atoms with van der Waals surface area (Å²) < 4.78 is 22.4. The second-order valence-corrected chi connectivity index (χ2v) is 7.77. The number of pyridine rings is 1. The van der Waals surface area contributed by atoms with Crippen molar-refractivity contribution in [3.05, 3.63) is 58.7 Å². The second-order valence-electron chi connectivity index (χ2n) is 6.86. The minimum absolute atomic E-state index is 0.226. The highest BCUT2D eigenvalue weighted by molar-refractivity contribution is 9.10. The molecular weight excluding hydrogens is 438 g/mol. The molecule has 29 heavy (non-hydrogen) atoms. The third-order valence-electron chi connectivity index (χ3n) is 4.82. The summed E-state index contributed by atoms with van der Waals surface area (Å²) in [5, 5.41) is 4.21. The zero-order valence-electron chi connectivity index (χ0n) is 15.9. The highest BCUT2D eigenvalue weighted by Crippen LogP contribution is 2.44. The average molecular weight is 456 g/mol. The summed E-state index contributed by atoms with van der Waals surface area (Å²) in [6, 6.07) is 5.88. The molecule has 0 bridgehead atoms. The second kappa shape index (κ2) is 7.07. The Morgan fingerprint density at radius 1 is 1.24 bits per heavy atom. The van der Waals surface area contributed by atoms with Crippen molar-refractivity contribution >= 4 is 27.1 Å². The molecule has 1 aliphatic heterocycles. The van der Waals surface area contributed by atoms with Gasteiger partial charge < -0.3 is 18.8 Å². The first kappa shape index (κ1) is 18.0. The number of ether oxygens (including phenoxy) is 3. The van der Waals surface area contributed by atoms with Crippen LogP contribution in [0.15, 0.2) is 47.6 Å². The Labute approximate surface area is 175 Å². The van der Waals surface area contributed by atoms with Gasteiger partial charge in [-0.1, -0.05) is 0 Å². The van der Waals surface area contributed by atoms with Crippen molar-refractivity contribution in [2.24, 2.45) is 7.05 Å². The van der Waals surface area contributed by atoms with E-state index < -0.39 is 0 Å². The number of aromatic nitrogens is 5. The van der Waals surface area contributed by atoms with Gasteiger partial charge in [0.05, 0.1) is 26.2 Å². The zero-order valence-corrected chi connectivity index (χ0v) is 17.5. The monoisotopic (exact) mass is 455 g/mol. The zero-order chi connectivity index (χ0) is 20.0. The molecule has 1 unspecified atom stereocenters. The molecule has 9 heteroatoms. The Bertz CT molecular complexity index is 1190. The fourth-order valence-electron chi connectivity index (χ4n) is 3.45. The standard InChI is InChI=1S/C20H18BrN5O3/c1-25-9-13(6-24-25)18-10-28-17-4-12(3-16(27-2)19(17)29-18)8-26-11-23-15-5-14(21)7-22-20(15)26/h3-7,9,11,18H,8,10H2,1-2H3. The molecule has 148 valence electrons. The summed E-state index contributed by atoms with van der Waals surface area (Å²) >= 11 is 3.43. The minimum Gasteiger partial charge on any atom is -0.493 e. The van der Waals surface area contributed by atoms with Crippen molar-refractivity contribution in [3.63, 3.8) is 0 Å². The Kier molecular flexibility index (Phi) is 4.39. The molecule has 0 fully saturated rings. The van der Waals surface area contributed by atoms with E-state index in [9.17, 15) is 0 Å². The highest BCUT2D eigenvalue weighted by Gasteiger charge is 2.27. The smallest absolute Gasteiger partial charge is 0.204 e. The molecule has 0 radical (unpaired) electrons. The van der Waals surface area contributed by atoms with E-state index in [-0.39, 0.29) is 6.10 Å². The first-order chi connectivity index (χ1) is 14.1. The van der Waals surface area contributed by atoms with Crippen LogP contribution < -0.4 is 14.2 Å². The predicted octanol–water partition coefficient (Wildman–Crippen LogP) is 3.50. The lowest BCUT2D eigenvalue weighted by molar-refractivity contribution is 0.0869. The number of hydrogen-bond acceptors (Lipinski definition) is 6. The molecule has 0 aliphatic carbocycles. The molecule has 1 aromatic carbocycles. The number of benzene rings is 1. The summed E-state index contributed by atoms with van der Waals surface area (Å²) in [6.07, 6.45) is 7.04. The molecule has 0 amide bonds. The van der Waals surface area contributed by atoms with Gasteiger partial charge in [0, 0.05) is 29.5 Å². The van der Waals surface area contributed by atoms with Gasteiger partial charge in [-0.15, -0.1) is 0 Å². The van der Waals surface area contributed by atoms with Crippen LogP contribution in [0.3, 0.4) is 0 Å². The van der Waals surface area contributed by atoms with Crippen LogP contribution in [-0.4, -0.2) is 38.0 Å². The van der Waals surface area contributed by atoms with E-state index >= 15 is 0 Å². The number of fused-ring (bicyclic) bond motifs is 2. The summed E-state index contributed by atoms with van der Waals surface area (Å²) in [4.78, 5) is 8.90. The predicted molar refractivity (Wildman–Crippen MR) is 109 cm³/mol. The topological polar surface area (TPSA) is 76.2 Å². The van der Waals surface area contributed by atoms with Crippen molar-refractivity contribution in [3.8, 4) is 17.2 Å². The number of hydrogen-bond donors (Lipinski definition) is 0. The lowest BCUT2D eigenvalue weighted by atomic mass is 10.1. The number of halogens is 1. The van der Waals surface area contributed by atoms with Gasteiger partial charge in [0.15, 0.2) is 23.3 Å². The number of nitrogens with zero attached hydrogens (tertiary/aromatic N) is 5. The van der Waals surface area contributed by atoms with Crippen LogP contribution in [0.1, 0.15) is 17.2 Å². The van der Waals surface area contributed by atoms with Gasteiger partial charge >= 0.3 is 0 Å². The Morgan fingerprint density at radius 2 is 2.14 bits per heavy atom. The van der Waals surface area contributed by atoms with E-state index in [0.29, 0.717) is 30.4 Å². The van der Waals surface area contributed by atoms with E-state index in [1.54, 1.807) is 30.5 Å². The van der Waals surface area contributed by atoms with Crippen molar-refractivity contribution in [2.45, 2.75) is 12.6 Å². The average Bonchev–Trinajstić information content (AvgIpc) is 3.33. The van der Waals surface area contributed by atoms with Crippen LogP contribution in [0.25, 0.3) is 11.2 Å². The molecule has 4 heterocycles. The van der Waals surface area contributed by atoms with Crippen LogP contribution in [0.4, 0.5) is 0 Å². The van der Waals surface area contributed by atoms with E-state index in [1.165, 1.54) is 0 Å². The van der Waals surface area contributed by atoms with Gasteiger partial charge in [-0.2, -0.15) is 5.10 Å². The van der Waals surface area contributed by atoms with Crippen molar-refractivity contribution in [1.82, 2.24) is 24.3 Å². The fourth-order valence-corrected chi connectivity index (χ4v) is 3.77. The number of aryl methyl sites for hydroxylation is 1. The number of rotatable bonds is 4. The summed E-state index contributed by atoms with van der Waals surface area (Å²) in [6.45, 7) is 0.999. The third-order valence-corrected chi connectivity index (χ3v) is 5.26. The fraction of sp³-hybridized carbons (Fsp3) is 0.250. The maximum Gasteiger partial charge on any atom is 0.204 e. The highest BCUT2D eigenvalue weighted by atomic mass is 79.9. The van der Waals surface area contributed by atoms with Crippen molar-refractivity contribution in [2.75, 3.05) is 13.7 Å². The molecule has 0 saturated heterocycles. The quantitative estimate of drug-likeness (QED) is 0.468. The molecule has 1 atom stereocenters. The third kappa shape index (κ3) is 3.31. The SMILES string of the molecule is COc1cc(Cn2cnc3cc(Br)cnc32)cc2c1OC(c1cnn(C)c1)CO2. The number of methoxy groups -OCH3 is 1. The van der Waals surface area contributed by atoms with Crippen LogP contribution in [0, 0.1) is 0 Å². The van der Waals surface area contributed by atoms with E-state index in [1.807, 2.05) is 36.0 Å². The van der Waals surface area contributed by atoms with Gasteiger partial charge in [0.25, 0.3) is 0 Å². The number of imidazole rings is 1. The molecule has 5 rings (SSSR count). The van der Waals surface area contributed by atoms with Gasteiger partial charge in [0.2, 0.25) is 5.75 Å². The first-order valence-electron chi connectivity index (χ1n) is 9.06. The van der Waals surface area contributed by atoms with E-state index in [2.05, 4.69) is 31.0 Å². The van der Waals surface area contributed by atoms with E-state index in [4.69, 9.17) is 14.2 Å². The minimum atomic E-state index is -0.226. The van der Waals surface area contributed by atoms with Crippen molar-refractivity contribution < 1.29 is 14.2 Å². The first-order valence-corrected chi connectivity index (χ1v) is 9.85. The summed E-state index contributed by atoms with van der Waals surface area (Å²) in [5.74, 6) is 1.90. The molecule has 0 spiro atoms. The Hall–Kier alpha value is -3.07. The normalized spacial score (nSPS) is 15.6. The molecule has 4 aromatic rings. The molecule has 3 aromatic heterocycles. The largest absolute Gasteiger partial charge is 0.493 e.